The van der Waals surface area contributed by atoms with Crippen LogP contribution in [0.2, 0.25) is 0 Å². The van der Waals surface area contributed by atoms with Gasteiger partial charge in [-0.1, -0.05) is 26.0 Å². The van der Waals surface area contributed by atoms with Gasteiger partial charge in [0, 0.05) is 29.6 Å². The molecule has 2 aromatic carbocycles. The Bertz CT molecular complexity index is 1610. The van der Waals surface area contributed by atoms with Crippen molar-refractivity contribution >= 4 is 17.5 Å². The number of hydrogen-bond acceptors (Lipinski definition) is 10. The number of primary amides is 1. The lowest BCUT2D eigenvalue weighted by atomic mass is 9.58. The Hall–Kier alpha value is -4.19. The molecule has 0 spiro atoms. The second-order valence-corrected chi connectivity index (χ2v) is 12.0. The first-order valence-electron chi connectivity index (χ1n) is 14.1. The number of nitrogens with two attached hydrogens (primary N) is 1. The van der Waals surface area contributed by atoms with E-state index >= 15 is 0 Å². The Kier molecular flexibility index (Phi) is 7.62. The summed E-state index contributed by atoms with van der Waals surface area (Å²) in [5, 5.41) is 48.6. The van der Waals surface area contributed by atoms with Crippen molar-refractivity contribution in [3.8, 4) is 22.6 Å². The molecule has 0 radical (unpaired) electrons. The summed E-state index contributed by atoms with van der Waals surface area (Å²) in [6.45, 7) is 4.69. The number of benzene rings is 2. The number of nitrogens with zero attached hydrogens (tertiary/aromatic N) is 1. The van der Waals surface area contributed by atoms with Gasteiger partial charge >= 0.3 is 0 Å². The number of Topliss-reactive ketones (excluding diaryl/α,β-unsaturated/α-hetero) is 2. The largest absolute Gasteiger partial charge is 0.510 e. The van der Waals surface area contributed by atoms with E-state index < -0.39 is 58.0 Å². The summed E-state index contributed by atoms with van der Waals surface area (Å²) in [5.41, 5.74) is 4.52. The third-order valence-corrected chi connectivity index (χ3v) is 8.87. The molecule has 1 amide bonds. The Labute approximate surface area is 249 Å². The minimum Gasteiger partial charge on any atom is -0.510 e. The van der Waals surface area contributed by atoms with Crippen molar-refractivity contribution in [3.63, 3.8) is 0 Å². The van der Waals surface area contributed by atoms with E-state index in [4.69, 9.17) is 10.5 Å². The molecule has 1 unspecified atom stereocenters. The zero-order chi connectivity index (χ0) is 31.5. The van der Waals surface area contributed by atoms with Crippen molar-refractivity contribution in [2.24, 2.45) is 17.6 Å². The average Bonchev–Trinajstić information content (AvgIpc) is 2.93. The van der Waals surface area contributed by atoms with Crippen LogP contribution in [0.1, 0.15) is 41.8 Å². The first kappa shape index (κ1) is 30.3. The number of aliphatic hydroxyl groups excluding tert-OH is 2. The minimum atomic E-state index is -2.68. The fourth-order valence-electron chi connectivity index (χ4n) is 6.90. The van der Waals surface area contributed by atoms with Crippen LogP contribution in [0.5, 0.6) is 11.5 Å². The number of hydrogen-bond donors (Lipinski definition) is 6. The van der Waals surface area contributed by atoms with Gasteiger partial charge in [0.05, 0.1) is 18.7 Å². The topological polar surface area (TPSA) is 183 Å². The second-order valence-electron chi connectivity index (χ2n) is 12.0. The number of allylic oxidation sites excluding steroid dienone is 1. The Morgan fingerprint density at radius 1 is 1.14 bits per heavy atom. The molecular formula is C32H37N3O8. The Morgan fingerprint density at radius 3 is 2.44 bits per heavy atom. The van der Waals surface area contributed by atoms with Crippen molar-refractivity contribution in [2.45, 2.75) is 50.9 Å². The molecule has 11 heteroatoms. The van der Waals surface area contributed by atoms with E-state index in [-0.39, 0.29) is 35.8 Å². The number of aromatic hydroxyl groups is 1. The quantitative estimate of drug-likeness (QED) is 0.261. The van der Waals surface area contributed by atoms with Crippen LogP contribution < -0.4 is 15.8 Å². The van der Waals surface area contributed by atoms with Gasteiger partial charge in [-0.2, -0.15) is 0 Å². The molecule has 228 valence electrons. The number of carbonyl (C=O) groups excluding carboxylic acids is 3. The summed E-state index contributed by atoms with van der Waals surface area (Å²) in [5.74, 6) is -6.29. The van der Waals surface area contributed by atoms with Gasteiger partial charge in [-0.15, -0.1) is 0 Å². The van der Waals surface area contributed by atoms with Gasteiger partial charge in [-0.05, 0) is 67.7 Å². The van der Waals surface area contributed by atoms with Crippen molar-refractivity contribution in [1.29, 1.82) is 0 Å². The highest BCUT2D eigenvalue weighted by Crippen LogP contribution is 2.53. The summed E-state index contributed by atoms with van der Waals surface area (Å²) < 4.78 is 5.67. The van der Waals surface area contributed by atoms with Crippen molar-refractivity contribution in [2.75, 3.05) is 21.2 Å². The molecular weight excluding hydrogens is 554 g/mol. The first-order valence-corrected chi connectivity index (χ1v) is 14.1. The number of ether oxygens (including phenoxy) is 1. The van der Waals surface area contributed by atoms with Crippen molar-refractivity contribution < 1.29 is 39.5 Å². The Balaban J connectivity index is 1.69. The van der Waals surface area contributed by atoms with E-state index in [2.05, 4.69) is 5.32 Å². The molecule has 4 atom stereocenters. The molecule has 0 bridgehead atoms. The fourth-order valence-corrected chi connectivity index (χ4v) is 6.90. The Morgan fingerprint density at radius 2 is 1.84 bits per heavy atom. The lowest BCUT2D eigenvalue weighted by Gasteiger charge is -2.50. The number of phenolic OH excluding ortho intramolecular Hbond substituents is 1. The van der Waals surface area contributed by atoms with E-state index in [1.165, 1.54) is 11.0 Å². The monoisotopic (exact) mass is 591 g/mol. The number of carbonyl (C=O) groups is 3. The third-order valence-electron chi connectivity index (χ3n) is 8.87. The number of nitrogens with one attached hydrogen (secondary N) is 1. The maximum absolute atomic E-state index is 14.1. The molecule has 0 fully saturated rings. The highest BCUT2D eigenvalue weighted by atomic mass is 16.5. The smallest absolute Gasteiger partial charge is 0.255 e. The van der Waals surface area contributed by atoms with E-state index in [1.807, 2.05) is 32.0 Å². The van der Waals surface area contributed by atoms with Crippen LogP contribution >= 0.6 is 0 Å². The van der Waals surface area contributed by atoms with E-state index in [0.29, 0.717) is 29.0 Å². The number of likely N-dealkylation sites (N-methyl/N-ethyl adjacent to an activating group) is 1. The minimum absolute atomic E-state index is 0.0103. The van der Waals surface area contributed by atoms with Crippen molar-refractivity contribution in [1.82, 2.24) is 10.2 Å². The summed E-state index contributed by atoms with van der Waals surface area (Å²) in [6, 6.07) is 8.06. The molecule has 0 aromatic heterocycles. The molecule has 7 N–H and O–H groups in total. The van der Waals surface area contributed by atoms with E-state index in [9.17, 15) is 34.8 Å². The number of methoxy groups -OCH3 is 1. The van der Waals surface area contributed by atoms with Gasteiger partial charge < -0.3 is 36.2 Å². The summed E-state index contributed by atoms with van der Waals surface area (Å²) in [7, 11) is 4.74. The zero-order valence-electron chi connectivity index (χ0n) is 24.8. The first-order chi connectivity index (χ1) is 20.2. The third kappa shape index (κ3) is 4.59. The molecule has 0 heterocycles. The molecule has 3 aliphatic carbocycles. The highest BCUT2D eigenvalue weighted by Gasteiger charge is 2.63. The van der Waals surface area contributed by atoms with Crippen molar-refractivity contribution in [3.05, 3.63) is 69.7 Å². The predicted octanol–water partition coefficient (Wildman–Crippen LogP) is 2.29. The van der Waals surface area contributed by atoms with Gasteiger partial charge in [0.1, 0.15) is 28.6 Å². The molecule has 0 saturated heterocycles. The van der Waals surface area contributed by atoms with Gasteiger partial charge in [0.2, 0.25) is 5.78 Å². The number of fused-ring (bicyclic) bond motifs is 3. The molecule has 0 saturated carbocycles. The SMILES string of the molecule is COc1ccc(CNC(C)C)cc1-c1ccc(O)c2c1C[C@@H]1C[C@@H]3C(N(C)C)C(O)=C(C(N)=O)C(=O)[C@@]3(O)C(O)=C1C2=O. The maximum atomic E-state index is 14.1. The lowest BCUT2D eigenvalue weighted by molar-refractivity contribution is -0.148. The van der Waals surface area contributed by atoms with Crippen LogP contribution in [0.15, 0.2) is 53.0 Å². The number of ketones is 2. The van der Waals surface area contributed by atoms with E-state index in [1.54, 1.807) is 27.3 Å². The normalized spacial score (nSPS) is 25.2. The molecule has 3 aliphatic rings. The van der Waals surface area contributed by atoms with Crippen LogP contribution in [0.25, 0.3) is 11.1 Å². The van der Waals surface area contributed by atoms with Gasteiger partial charge in [-0.25, -0.2) is 0 Å². The summed E-state index contributed by atoms with van der Waals surface area (Å²) >= 11 is 0. The highest BCUT2D eigenvalue weighted by molar-refractivity contribution is 6.25. The average molecular weight is 592 g/mol. The summed E-state index contributed by atoms with van der Waals surface area (Å²) in [4.78, 5) is 41.3. The van der Waals surface area contributed by atoms with Crippen LogP contribution in [0.3, 0.4) is 0 Å². The molecule has 43 heavy (non-hydrogen) atoms. The molecule has 5 rings (SSSR count). The van der Waals surface area contributed by atoms with Crippen LogP contribution in [-0.2, 0) is 22.6 Å². The van der Waals surface area contributed by atoms with Crippen LogP contribution in [-0.4, -0.2) is 81.7 Å². The zero-order valence-corrected chi connectivity index (χ0v) is 24.8. The van der Waals surface area contributed by atoms with Gasteiger partial charge in [-0.3, -0.25) is 19.3 Å². The number of rotatable bonds is 7. The second kappa shape index (κ2) is 10.8. The lowest BCUT2D eigenvalue weighted by Crippen LogP contribution is -2.63. The van der Waals surface area contributed by atoms with E-state index in [0.717, 1.165) is 5.56 Å². The maximum Gasteiger partial charge on any atom is 0.255 e. The standard InChI is InChI=1S/C32H37N3O8/c1-14(2)34-13-15-6-9-22(43-5)18(10-15)17-7-8-21(36)24-19(17)11-16-12-20-26(35(3)4)28(38)25(31(33)41)30(40)32(20,42)29(39)23(16)27(24)37/h6-10,14,16,20,26,34,36,38-39,42H,11-13H2,1-5H3,(H2,33,41)/t16-,20-,26?,32+/m1/s1. The molecule has 0 aliphatic heterocycles. The van der Waals surface area contributed by atoms with Crippen LogP contribution in [0.4, 0.5) is 0 Å². The van der Waals surface area contributed by atoms with Crippen LogP contribution in [0, 0.1) is 11.8 Å². The summed E-state index contributed by atoms with van der Waals surface area (Å²) in [6.07, 6.45) is 0.187. The molecule has 2 aromatic rings. The number of aliphatic hydroxyl groups is 3. The fraction of sp³-hybridized carbons (Fsp3) is 0.406. The van der Waals surface area contributed by atoms with Gasteiger partial charge in [0.15, 0.2) is 11.4 Å². The number of amides is 1. The van der Waals surface area contributed by atoms with Gasteiger partial charge in [0.25, 0.3) is 5.91 Å². The number of phenols is 1. The molecule has 11 nitrogen and oxygen atoms in total. The predicted molar refractivity (Wildman–Crippen MR) is 158 cm³/mol.